The van der Waals surface area contributed by atoms with E-state index in [0.717, 1.165) is 19.3 Å². The fourth-order valence-corrected chi connectivity index (χ4v) is 5.72. The fraction of sp³-hybridized carbons (Fsp3) is 0.767. The number of unbranched alkanes of at least 4 members (excludes halogenated alkanes) is 10. The predicted molar refractivity (Wildman–Crippen MR) is 143 cm³/mol. The van der Waals surface area contributed by atoms with Crippen molar-refractivity contribution in [2.75, 3.05) is 13.2 Å². The molecule has 0 unspecified atom stereocenters. The van der Waals surface area contributed by atoms with Gasteiger partial charge in [-0.25, -0.2) is 9.59 Å². The average Bonchev–Trinajstić information content (AvgIpc) is 3.20. The normalized spacial score (nSPS) is 25.9. The van der Waals surface area contributed by atoms with Crippen LogP contribution in [0.4, 0.5) is 0 Å². The highest BCUT2D eigenvalue weighted by molar-refractivity contribution is 6.00. The molecule has 0 radical (unpaired) electrons. The molecule has 8 heteroatoms. The Balaban J connectivity index is 1.46. The molecule has 0 aromatic carbocycles. The zero-order valence-electron chi connectivity index (χ0n) is 23.0. The van der Waals surface area contributed by atoms with Crippen molar-refractivity contribution >= 4 is 17.7 Å². The molecule has 0 aromatic rings. The monoisotopic (exact) mass is 534 g/mol. The molecule has 1 aliphatic carbocycles. The summed E-state index contributed by atoms with van der Waals surface area (Å²) in [7, 11) is 0. The number of hydrogen-bond donors (Lipinski definition) is 1. The number of esters is 1. The van der Waals surface area contributed by atoms with Crippen LogP contribution in [0.3, 0.4) is 0 Å². The summed E-state index contributed by atoms with van der Waals surface area (Å²) >= 11 is 0. The minimum atomic E-state index is -1.13. The van der Waals surface area contributed by atoms with Gasteiger partial charge in [0.05, 0.1) is 6.10 Å². The van der Waals surface area contributed by atoms with Gasteiger partial charge in [0.1, 0.15) is 24.9 Å². The smallest absolute Gasteiger partial charge is 0.332 e. The fourth-order valence-electron chi connectivity index (χ4n) is 5.72. The van der Waals surface area contributed by atoms with Crippen molar-refractivity contribution in [3.05, 3.63) is 24.3 Å². The Hall–Kier alpha value is -2.03. The van der Waals surface area contributed by atoms with E-state index in [0.29, 0.717) is 25.7 Å². The highest BCUT2D eigenvalue weighted by atomic mass is 16.7. The Morgan fingerprint density at radius 2 is 1.58 bits per heavy atom. The van der Waals surface area contributed by atoms with Gasteiger partial charge in [-0.05, 0) is 37.1 Å². The summed E-state index contributed by atoms with van der Waals surface area (Å²) in [4.78, 5) is 34.6. The third-order valence-electron chi connectivity index (χ3n) is 7.65. The van der Waals surface area contributed by atoms with Gasteiger partial charge in [-0.1, -0.05) is 77.6 Å². The summed E-state index contributed by atoms with van der Waals surface area (Å²) in [5.74, 6) is -2.67. The molecule has 8 nitrogen and oxygen atoms in total. The van der Waals surface area contributed by atoms with Crippen LogP contribution in [0.1, 0.15) is 110 Å². The third-order valence-corrected chi connectivity index (χ3v) is 7.65. The lowest BCUT2D eigenvalue weighted by molar-refractivity contribution is -0.293. The van der Waals surface area contributed by atoms with Crippen LogP contribution in [-0.2, 0) is 33.3 Å². The number of carbonyl (C=O) groups excluding carboxylic acids is 2. The number of carboxylic acid groups (broad SMARTS) is 1. The number of ketones is 1. The number of allylic oxidation sites excluding steroid dienone is 2. The van der Waals surface area contributed by atoms with E-state index < -0.39 is 42.6 Å². The topological polar surface area (TPSA) is 108 Å². The number of rotatable bonds is 17. The lowest BCUT2D eigenvalue weighted by Gasteiger charge is -2.43. The van der Waals surface area contributed by atoms with Gasteiger partial charge in [-0.2, -0.15) is 0 Å². The lowest BCUT2D eigenvalue weighted by Crippen LogP contribution is -2.48. The number of aliphatic carboxylic acids is 1. The van der Waals surface area contributed by atoms with Gasteiger partial charge in [-0.15, -0.1) is 0 Å². The maximum Gasteiger partial charge on any atom is 0.332 e. The second kappa shape index (κ2) is 15.5. The van der Waals surface area contributed by atoms with Gasteiger partial charge in [0.15, 0.2) is 11.6 Å². The first kappa shape index (κ1) is 30.5. The summed E-state index contributed by atoms with van der Waals surface area (Å²) in [5.41, 5.74) is -0.675. The largest absolute Gasteiger partial charge is 0.480 e. The number of carbonyl (C=O) groups is 3. The molecule has 2 spiro atoms. The average molecular weight is 535 g/mol. The van der Waals surface area contributed by atoms with Crippen molar-refractivity contribution in [3.63, 3.8) is 0 Å². The summed E-state index contributed by atoms with van der Waals surface area (Å²) in [6, 6.07) is 0. The number of carboxylic acids is 1. The van der Waals surface area contributed by atoms with Gasteiger partial charge in [-0.3, -0.25) is 4.79 Å². The van der Waals surface area contributed by atoms with E-state index in [1.807, 2.05) is 0 Å². The van der Waals surface area contributed by atoms with Crippen molar-refractivity contribution in [2.45, 2.75) is 133 Å². The van der Waals surface area contributed by atoms with Crippen molar-refractivity contribution in [1.82, 2.24) is 0 Å². The van der Waals surface area contributed by atoms with E-state index in [4.69, 9.17) is 24.1 Å². The summed E-state index contributed by atoms with van der Waals surface area (Å²) in [6.45, 7) is 1.30. The lowest BCUT2D eigenvalue weighted by atomic mass is 9.91. The van der Waals surface area contributed by atoms with E-state index in [-0.39, 0.29) is 11.9 Å². The van der Waals surface area contributed by atoms with Gasteiger partial charge in [0.25, 0.3) is 0 Å². The molecular formula is C30H46O8. The zero-order valence-corrected chi connectivity index (χ0v) is 23.0. The molecule has 0 aromatic heterocycles. The van der Waals surface area contributed by atoms with Crippen molar-refractivity contribution in [3.8, 4) is 0 Å². The van der Waals surface area contributed by atoms with Crippen LogP contribution in [-0.4, -0.2) is 59.6 Å². The molecule has 2 fully saturated rings. The third kappa shape index (κ3) is 10.3. The Morgan fingerprint density at radius 3 is 2.21 bits per heavy atom. The minimum Gasteiger partial charge on any atom is -0.480 e. The second-order valence-corrected chi connectivity index (χ2v) is 11.0. The molecular weight excluding hydrogens is 488 g/mol. The molecule has 0 amide bonds. The Labute approximate surface area is 227 Å². The maximum absolute atomic E-state index is 12.3. The molecule has 2 heterocycles. The van der Waals surface area contributed by atoms with Crippen molar-refractivity contribution in [2.24, 2.45) is 0 Å². The van der Waals surface area contributed by atoms with Crippen LogP contribution < -0.4 is 0 Å². The van der Waals surface area contributed by atoms with E-state index in [1.54, 1.807) is 12.2 Å². The first-order valence-electron chi connectivity index (χ1n) is 14.6. The molecule has 3 rings (SSSR count). The Bertz CT molecular complexity index is 818. The summed E-state index contributed by atoms with van der Waals surface area (Å²) in [5, 5.41) is 8.72. The first-order valence-corrected chi connectivity index (χ1v) is 14.6. The first-order chi connectivity index (χ1) is 18.3. The van der Waals surface area contributed by atoms with E-state index in [2.05, 4.69) is 6.92 Å². The second-order valence-electron chi connectivity index (χ2n) is 11.0. The number of hydrogen-bond acceptors (Lipinski definition) is 7. The van der Waals surface area contributed by atoms with Gasteiger partial charge in [0.2, 0.25) is 0 Å². The van der Waals surface area contributed by atoms with E-state index in [1.165, 1.54) is 69.9 Å². The molecule has 38 heavy (non-hydrogen) atoms. The zero-order chi connectivity index (χ0) is 27.3. The van der Waals surface area contributed by atoms with Crippen LogP contribution >= 0.6 is 0 Å². The van der Waals surface area contributed by atoms with Crippen LogP contribution in [0.5, 0.6) is 0 Å². The minimum absolute atomic E-state index is 0.0627. The van der Waals surface area contributed by atoms with Crippen molar-refractivity contribution in [1.29, 1.82) is 0 Å². The molecule has 2 aliphatic heterocycles. The van der Waals surface area contributed by atoms with Gasteiger partial charge >= 0.3 is 11.9 Å². The molecule has 0 bridgehead atoms. The predicted octanol–water partition coefficient (Wildman–Crippen LogP) is 5.82. The molecule has 0 saturated carbocycles. The van der Waals surface area contributed by atoms with E-state index in [9.17, 15) is 14.4 Å². The Kier molecular flexibility index (Phi) is 12.5. The van der Waals surface area contributed by atoms with E-state index >= 15 is 0 Å². The summed E-state index contributed by atoms with van der Waals surface area (Å²) in [6.07, 6.45) is 23.3. The van der Waals surface area contributed by atoms with Crippen molar-refractivity contribution < 1.29 is 38.4 Å². The van der Waals surface area contributed by atoms with Gasteiger partial charge in [0, 0.05) is 19.3 Å². The van der Waals surface area contributed by atoms with Crippen LogP contribution in [0.15, 0.2) is 24.3 Å². The van der Waals surface area contributed by atoms with Gasteiger partial charge < -0.3 is 24.1 Å². The molecule has 3 atom stereocenters. The highest BCUT2D eigenvalue weighted by Crippen LogP contribution is 2.48. The van der Waals surface area contributed by atoms with Crippen LogP contribution in [0.2, 0.25) is 0 Å². The maximum atomic E-state index is 12.3. The van der Waals surface area contributed by atoms with Crippen LogP contribution in [0, 0.1) is 0 Å². The highest BCUT2D eigenvalue weighted by Gasteiger charge is 2.53. The molecule has 1 N–H and O–H groups in total. The molecule has 3 aliphatic rings. The SMILES string of the molecule is CCCCCCCCCCCCC[C@@H]1C[C@@H](OC(=O)COCC(=O)O)C[C@]2(CCC3(C=CC(=O)C=C3)O2)O1. The number of ether oxygens (including phenoxy) is 4. The molecule has 214 valence electrons. The standard InChI is InChI=1S/C30H46O8/c1-2-3-4-5-6-7-8-9-10-11-12-13-25-20-26(36-28(34)23-35-22-27(32)33)21-30(37-25)19-18-29(38-30)16-14-24(31)15-17-29/h14-17,25-26H,2-13,18-23H2,1H3,(H,32,33)/t25-,26-,30-/m1/s1. The summed E-state index contributed by atoms with van der Waals surface area (Å²) < 4.78 is 23.6. The molecule has 2 saturated heterocycles. The quantitative estimate of drug-likeness (QED) is 0.184. The Morgan fingerprint density at radius 1 is 0.947 bits per heavy atom. The van der Waals surface area contributed by atoms with Crippen LogP contribution in [0.25, 0.3) is 0 Å².